The second-order valence-electron chi connectivity index (χ2n) is 4.83. The van der Waals surface area contributed by atoms with Gasteiger partial charge in [0.15, 0.2) is 0 Å². The van der Waals surface area contributed by atoms with Crippen LogP contribution in [0.1, 0.15) is 17.0 Å². The van der Waals surface area contributed by atoms with Gasteiger partial charge in [0.05, 0.1) is 7.14 Å². The summed E-state index contributed by atoms with van der Waals surface area (Å²) in [5.41, 5.74) is 2.60. The van der Waals surface area contributed by atoms with Gasteiger partial charge in [0.25, 0.3) is 0 Å². The van der Waals surface area contributed by atoms with E-state index in [1.807, 2.05) is 13.3 Å². The molecule has 1 aromatic carbocycles. The number of benzene rings is 1. The molecular weight excluding hydrogens is 205 g/mol. The van der Waals surface area contributed by atoms with E-state index >= 15 is 0 Å². The number of rotatable bonds is 3. The van der Waals surface area contributed by atoms with Crippen molar-refractivity contribution >= 4 is 7.14 Å². The highest BCUT2D eigenvalue weighted by Gasteiger charge is 2.18. The van der Waals surface area contributed by atoms with Gasteiger partial charge in [-0.1, -0.05) is 24.3 Å². The molecule has 1 N–H and O–H groups in total. The van der Waals surface area contributed by atoms with Crippen molar-refractivity contribution in [1.82, 2.24) is 5.32 Å². The van der Waals surface area contributed by atoms with Gasteiger partial charge in [-0.05, 0) is 24.5 Å². The van der Waals surface area contributed by atoms with Crippen LogP contribution in [0, 0.1) is 0 Å². The Bertz CT molecular complexity index is 375. The van der Waals surface area contributed by atoms with Crippen LogP contribution in [-0.4, -0.2) is 26.4 Å². The van der Waals surface area contributed by atoms with E-state index in [-0.39, 0.29) is 0 Å². The molecule has 1 aromatic rings. The molecule has 0 aliphatic carbocycles. The third kappa shape index (κ3) is 2.93. The predicted molar refractivity (Wildman–Crippen MR) is 65.2 cm³/mol. The molecule has 1 fully saturated rings. The van der Waals surface area contributed by atoms with Crippen molar-refractivity contribution in [3.63, 3.8) is 0 Å². The van der Waals surface area contributed by atoms with Gasteiger partial charge in [0.1, 0.15) is 0 Å². The minimum Gasteiger partial charge on any atom is -0.324 e. The Labute approximate surface area is 91.5 Å². The predicted octanol–water partition coefficient (Wildman–Crippen LogP) is 2.50. The quantitative estimate of drug-likeness (QED) is 0.798. The smallest absolute Gasteiger partial charge is 0.0861 e. The maximum Gasteiger partial charge on any atom is 0.0861 e. The number of nitrogens with one attached hydrogen (secondary N) is 1. The summed E-state index contributed by atoms with van der Waals surface area (Å²) < 4.78 is 11.7. The SMILES string of the molecule is CP(C)(=O)Cc1ccc(C2CNC2)cc1. The van der Waals surface area contributed by atoms with Crippen molar-refractivity contribution in [2.24, 2.45) is 0 Å². The maximum atomic E-state index is 11.7. The largest absolute Gasteiger partial charge is 0.324 e. The highest BCUT2D eigenvalue weighted by atomic mass is 31.2. The molecule has 2 rings (SSSR count). The van der Waals surface area contributed by atoms with E-state index in [1.165, 1.54) is 11.1 Å². The normalized spacial score (nSPS) is 17.5. The number of hydrogen-bond acceptors (Lipinski definition) is 2. The van der Waals surface area contributed by atoms with E-state index in [9.17, 15) is 4.57 Å². The molecular formula is C12H18NOP. The summed E-state index contributed by atoms with van der Waals surface area (Å²) >= 11 is 0. The molecule has 3 heteroatoms. The fraction of sp³-hybridized carbons (Fsp3) is 0.500. The van der Waals surface area contributed by atoms with Crippen LogP contribution in [0.15, 0.2) is 24.3 Å². The zero-order chi connectivity index (χ0) is 10.9. The molecule has 0 bridgehead atoms. The first kappa shape index (κ1) is 10.9. The summed E-state index contributed by atoms with van der Waals surface area (Å²) in [6, 6.07) is 8.59. The topological polar surface area (TPSA) is 29.1 Å². The zero-order valence-corrected chi connectivity index (χ0v) is 10.3. The van der Waals surface area contributed by atoms with E-state index in [1.54, 1.807) is 0 Å². The van der Waals surface area contributed by atoms with Gasteiger partial charge in [-0.3, -0.25) is 0 Å². The van der Waals surface area contributed by atoms with Crippen LogP contribution < -0.4 is 5.32 Å². The lowest BCUT2D eigenvalue weighted by atomic mass is 9.93. The van der Waals surface area contributed by atoms with Crippen LogP contribution in [0.5, 0.6) is 0 Å². The fourth-order valence-corrected chi connectivity index (χ4v) is 2.95. The minimum atomic E-state index is -1.93. The first-order chi connectivity index (χ1) is 7.04. The molecule has 0 aromatic heterocycles. The molecule has 15 heavy (non-hydrogen) atoms. The lowest BCUT2D eigenvalue weighted by Crippen LogP contribution is -2.39. The Kier molecular flexibility index (Phi) is 2.99. The van der Waals surface area contributed by atoms with Crippen molar-refractivity contribution in [2.45, 2.75) is 12.1 Å². The molecule has 0 atom stereocenters. The Morgan fingerprint density at radius 1 is 1.27 bits per heavy atom. The van der Waals surface area contributed by atoms with Crippen LogP contribution in [0.4, 0.5) is 0 Å². The second kappa shape index (κ2) is 4.11. The molecule has 0 radical (unpaired) electrons. The highest BCUT2D eigenvalue weighted by Crippen LogP contribution is 2.40. The molecule has 1 heterocycles. The molecule has 0 spiro atoms. The van der Waals surface area contributed by atoms with Gasteiger partial charge >= 0.3 is 0 Å². The molecule has 82 valence electrons. The van der Waals surface area contributed by atoms with Gasteiger partial charge in [-0.25, -0.2) is 0 Å². The molecule has 2 nitrogen and oxygen atoms in total. The molecule has 0 amide bonds. The van der Waals surface area contributed by atoms with Crippen LogP contribution in [0.3, 0.4) is 0 Å². The van der Waals surface area contributed by atoms with E-state index in [2.05, 4.69) is 29.6 Å². The lowest BCUT2D eigenvalue weighted by Gasteiger charge is -2.27. The third-order valence-electron chi connectivity index (χ3n) is 2.80. The Hall–Kier alpha value is -0.590. The average molecular weight is 223 g/mol. The van der Waals surface area contributed by atoms with Gasteiger partial charge < -0.3 is 9.88 Å². The summed E-state index contributed by atoms with van der Waals surface area (Å²) in [6.45, 7) is 5.88. The first-order valence-corrected chi connectivity index (χ1v) is 8.17. The summed E-state index contributed by atoms with van der Waals surface area (Å²) in [6.07, 6.45) is 0.718. The Morgan fingerprint density at radius 2 is 1.87 bits per heavy atom. The van der Waals surface area contributed by atoms with E-state index in [0.29, 0.717) is 5.92 Å². The Morgan fingerprint density at radius 3 is 2.27 bits per heavy atom. The maximum absolute atomic E-state index is 11.7. The van der Waals surface area contributed by atoms with Gasteiger partial charge in [-0.2, -0.15) is 0 Å². The molecule has 1 aliphatic rings. The van der Waals surface area contributed by atoms with Crippen LogP contribution >= 0.6 is 7.14 Å². The van der Waals surface area contributed by atoms with Crippen molar-refractivity contribution < 1.29 is 4.57 Å². The van der Waals surface area contributed by atoms with E-state index in [0.717, 1.165) is 19.3 Å². The van der Waals surface area contributed by atoms with Crippen molar-refractivity contribution in [2.75, 3.05) is 26.4 Å². The summed E-state index contributed by atoms with van der Waals surface area (Å²) in [7, 11) is -1.93. The minimum absolute atomic E-state index is 0.689. The van der Waals surface area contributed by atoms with Crippen molar-refractivity contribution in [1.29, 1.82) is 0 Å². The first-order valence-electron chi connectivity index (χ1n) is 5.38. The highest BCUT2D eigenvalue weighted by molar-refractivity contribution is 7.61. The number of hydrogen-bond donors (Lipinski definition) is 1. The molecule has 0 saturated carbocycles. The molecule has 1 aliphatic heterocycles. The standard InChI is InChI=1S/C12H18NOP/c1-15(2,14)9-10-3-5-11(6-4-10)12-7-13-8-12/h3-6,12-13H,7-9H2,1-2H3. The monoisotopic (exact) mass is 223 g/mol. The van der Waals surface area contributed by atoms with Crippen molar-refractivity contribution in [3.05, 3.63) is 35.4 Å². The summed E-state index contributed by atoms with van der Waals surface area (Å²) in [4.78, 5) is 0. The molecule has 1 saturated heterocycles. The van der Waals surface area contributed by atoms with Crippen molar-refractivity contribution in [3.8, 4) is 0 Å². The van der Waals surface area contributed by atoms with Gasteiger partial charge in [-0.15, -0.1) is 0 Å². The molecule has 0 unspecified atom stereocenters. The summed E-state index contributed by atoms with van der Waals surface area (Å²) in [5, 5.41) is 3.27. The zero-order valence-electron chi connectivity index (χ0n) is 9.36. The fourth-order valence-electron chi connectivity index (χ4n) is 1.86. The van der Waals surface area contributed by atoms with Gasteiger partial charge in [0, 0.05) is 25.2 Å². The van der Waals surface area contributed by atoms with Crippen LogP contribution in [-0.2, 0) is 10.7 Å². The average Bonchev–Trinajstić information content (AvgIpc) is 2.02. The van der Waals surface area contributed by atoms with E-state index in [4.69, 9.17) is 0 Å². The Balaban J connectivity index is 2.06. The van der Waals surface area contributed by atoms with Gasteiger partial charge in [0.2, 0.25) is 0 Å². The van der Waals surface area contributed by atoms with E-state index < -0.39 is 7.14 Å². The third-order valence-corrected chi connectivity index (χ3v) is 3.92. The van der Waals surface area contributed by atoms with Crippen LogP contribution in [0.25, 0.3) is 0 Å². The van der Waals surface area contributed by atoms with Crippen LogP contribution in [0.2, 0.25) is 0 Å². The summed E-state index contributed by atoms with van der Waals surface area (Å²) in [5.74, 6) is 0.689. The lowest BCUT2D eigenvalue weighted by molar-refractivity contribution is 0.448. The second-order valence-corrected chi connectivity index (χ2v) is 8.29.